The summed E-state index contributed by atoms with van der Waals surface area (Å²) in [6, 6.07) is 4.83. The molecular formula is C17H27N3. The van der Waals surface area contributed by atoms with E-state index in [9.17, 15) is 0 Å². The predicted molar refractivity (Wildman–Crippen MR) is 82.6 cm³/mol. The molecule has 0 radical (unpaired) electrons. The molecule has 3 rings (SSSR count). The molecule has 2 unspecified atom stereocenters. The van der Waals surface area contributed by atoms with Crippen LogP contribution in [0.25, 0.3) is 0 Å². The minimum atomic E-state index is 0.299. The van der Waals surface area contributed by atoms with Crippen LogP contribution in [-0.2, 0) is 6.54 Å². The van der Waals surface area contributed by atoms with Crippen molar-refractivity contribution in [3.8, 4) is 0 Å². The molecule has 1 aliphatic heterocycles. The van der Waals surface area contributed by atoms with Crippen molar-refractivity contribution in [3.63, 3.8) is 0 Å². The van der Waals surface area contributed by atoms with Crippen LogP contribution in [0.2, 0.25) is 0 Å². The number of pyridine rings is 1. The second kappa shape index (κ2) is 5.45. The van der Waals surface area contributed by atoms with Crippen LogP contribution in [0.1, 0.15) is 44.4 Å². The molecule has 1 N–H and O–H groups in total. The number of hydrogen-bond donors (Lipinski definition) is 1. The van der Waals surface area contributed by atoms with Crippen LogP contribution in [0, 0.1) is 12.8 Å². The van der Waals surface area contributed by atoms with Crippen LogP contribution in [0.15, 0.2) is 18.3 Å². The lowest BCUT2D eigenvalue weighted by molar-refractivity contribution is 0.153. The average molecular weight is 273 g/mol. The molecule has 2 heterocycles. The van der Waals surface area contributed by atoms with Gasteiger partial charge in [0.05, 0.1) is 5.69 Å². The van der Waals surface area contributed by atoms with Gasteiger partial charge in [-0.05, 0) is 64.1 Å². The Morgan fingerprint density at radius 2 is 2.20 bits per heavy atom. The fraction of sp³-hybridized carbons (Fsp3) is 0.706. The third-order valence-electron chi connectivity index (χ3n) is 5.19. The lowest BCUT2D eigenvalue weighted by Crippen LogP contribution is -2.51. The first-order valence-electron chi connectivity index (χ1n) is 7.98. The highest BCUT2D eigenvalue weighted by Crippen LogP contribution is 2.41. The van der Waals surface area contributed by atoms with Gasteiger partial charge in [-0.1, -0.05) is 6.07 Å². The van der Waals surface area contributed by atoms with Crippen molar-refractivity contribution in [2.45, 2.75) is 58.2 Å². The Labute approximate surface area is 122 Å². The summed E-state index contributed by atoms with van der Waals surface area (Å²) in [5.41, 5.74) is 2.84. The Bertz CT molecular complexity index is 469. The van der Waals surface area contributed by atoms with Gasteiger partial charge in [-0.3, -0.25) is 9.88 Å². The second-order valence-corrected chi connectivity index (χ2v) is 6.93. The number of hydrogen-bond acceptors (Lipinski definition) is 3. The van der Waals surface area contributed by atoms with Crippen LogP contribution in [0.5, 0.6) is 0 Å². The third-order valence-corrected chi connectivity index (χ3v) is 5.19. The molecule has 1 aliphatic carbocycles. The van der Waals surface area contributed by atoms with Crippen LogP contribution < -0.4 is 5.32 Å². The Hall–Kier alpha value is -0.930. The molecule has 1 aromatic rings. The standard InChI is InChI=1S/C17H27N3/c1-13-5-4-9-18-16(13)11-20-12-17(3,15-6-7-15)19-10-8-14(20)2/h4-5,9,14-15,19H,6-8,10-12H2,1-3H3. The molecule has 0 amide bonds. The number of rotatable bonds is 3. The van der Waals surface area contributed by atoms with E-state index in [0.29, 0.717) is 11.6 Å². The van der Waals surface area contributed by atoms with E-state index < -0.39 is 0 Å². The molecule has 1 saturated carbocycles. The highest BCUT2D eigenvalue weighted by Gasteiger charge is 2.43. The average Bonchev–Trinajstić information content (AvgIpc) is 3.24. The van der Waals surface area contributed by atoms with E-state index in [-0.39, 0.29) is 0 Å². The van der Waals surface area contributed by atoms with Crippen LogP contribution in [0.4, 0.5) is 0 Å². The second-order valence-electron chi connectivity index (χ2n) is 6.93. The summed E-state index contributed by atoms with van der Waals surface area (Å²) in [5, 5.41) is 3.82. The predicted octanol–water partition coefficient (Wildman–Crippen LogP) is 2.74. The largest absolute Gasteiger partial charge is 0.310 e. The van der Waals surface area contributed by atoms with E-state index in [1.165, 1.54) is 30.5 Å². The number of nitrogens with zero attached hydrogens (tertiary/aromatic N) is 2. The van der Waals surface area contributed by atoms with Gasteiger partial charge in [-0.15, -0.1) is 0 Å². The molecule has 1 saturated heterocycles. The Balaban J connectivity index is 1.77. The van der Waals surface area contributed by atoms with Crippen molar-refractivity contribution in [2.24, 2.45) is 5.92 Å². The quantitative estimate of drug-likeness (QED) is 0.918. The lowest BCUT2D eigenvalue weighted by atomic mass is 9.95. The van der Waals surface area contributed by atoms with E-state index in [1.807, 2.05) is 12.3 Å². The van der Waals surface area contributed by atoms with E-state index in [4.69, 9.17) is 0 Å². The van der Waals surface area contributed by atoms with Gasteiger partial charge in [0.15, 0.2) is 0 Å². The maximum atomic E-state index is 4.58. The molecule has 2 aliphatic rings. The van der Waals surface area contributed by atoms with Gasteiger partial charge < -0.3 is 5.32 Å². The summed E-state index contributed by atoms with van der Waals surface area (Å²) in [5.74, 6) is 0.875. The first kappa shape index (κ1) is 14.0. The molecule has 1 aromatic heterocycles. The van der Waals surface area contributed by atoms with Gasteiger partial charge in [0.1, 0.15) is 0 Å². The van der Waals surface area contributed by atoms with Crippen molar-refractivity contribution in [3.05, 3.63) is 29.6 Å². The molecule has 0 spiro atoms. The van der Waals surface area contributed by atoms with Crippen molar-refractivity contribution in [1.82, 2.24) is 15.2 Å². The molecule has 2 fully saturated rings. The van der Waals surface area contributed by atoms with Gasteiger partial charge >= 0.3 is 0 Å². The first-order chi connectivity index (χ1) is 9.58. The zero-order valence-electron chi connectivity index (χ0n) is 13.0. The third kappa shape index (κ3) is 2.89. The zero-order chi connectivity index (χ0) is 14.2. The highest BCUT2D eigenvalue weighted by molar-refractivity contribution is 5.18. The Morgan fingerprint density at radius 3 is 2.90 bits per heavy atom. The maximum absolute atomic E-state index is 4.58. The Morgan fingerprint density at radius 1 is 1.40 bits per heavy atom. The monoisotopic (exact) mass is 273 g/mol. The van der Waals surface area contributed by atoms with E-state index in [1.54, 1.807) is 0 Å². The van der Waals surface area contributed by atoms with Gasteiger partial charge in [0, 0.05) is 30.9 Å². The zero-order valence-corrected chi connectivity index (χ0v) is 13.0. The van der Waals surface area contributed by atoms with Gasteiger partial charge in [0.2, 0.25) is 0 Å². The summed E-state index contributed by atoms with van der Waals surface area (Å²) in [6.45, 7) is 10.2. The normalized spacial score (nSPS) is 32.0. The summed E-state index contributed by atoms with van der Waals surface area (Å²) in [4.78, 5) is 7.22. The minimum Gasteiger partial charge on any atom is -0.310 e. The topological polar surface area (TPSA) is 28.2 Å². The van der Waals surface area contributed by atoms with Crippen LogP contribution in [0.3, 0.4) is 0 Å². The van der Waals surface area contributed by atoms with E-state index in [0.717, 1.165) is 25.6 Å². The summed E-state index contributed by atoms with van der Waals surface area (Å²) < 4.78 is 0. The maximum Gasteiger partial charge on any atom is 0.0573 e. The Kier molecular flexibility index (Phi) is 3.83. The molecule has 2 atom stereocenters. The minimum absolute atomic E-state index is 0.299. The highest BCUT2D eigenvalue weighted by atomic mass is 15.2. The smallest absolute Gasteiger partial charge is 0.0573 e. The molecular weight excluding hydrogens is 246 g/mol. The molecule has 20 heavy (non-hydrogen) atoms. The van der Waals surface area contributed by atoms with Crippen LogP contribution >= 0.6 is 0 Å². The first-order valence-corrected chi connectivity index (χ1v) is 7.98. The molecule has 0 aromatic carbocycles. The number of aryl methyl sites for hydroxylation is 1. The van der Waals surface area contributed by atoms with Crippen molar-refractivity contribution in [1.29, 1.82) is 0 Å². The summed E-state index contributed by atoms with van der Waals surface area (Å²) >= 11 is 0. The van der Waals surface area contributed by atoms with Crippen molar-refractivity contribution < 1.29 is 0 Å². The molecule has 3 nitrogen and oxygen atoms in total. The van der Waals surface area contributed by atoms with Crippen LogP contribution in [-0.4, -0.2) is 34.6 Å². The van der Waals surface area contributed by atoms with E-state index in [2.05, 4.69) is 42.0 Å². The SMILES string of the molecule is Cc1cccnc1CN1CC(C)(C2CC2)NCCC1C. The number of nitrogens with one attached hydrogen (secondary N) is 1. The van der Waals surface area contributed by atoms with Gasteiger partial charge in [0.25, 0.3) is 0 Å². The van der Waals surface area contributed by atoms with Gasteiger partial charge in [-0.2, -0.15) is 0 Å². The summed E-state index contributed by atoms with van der Waals surface area (Å²) in [6.07, 6.45) is 5.94. The lowest BCUT2D eigenvalue weighted by Gasteiger charge is -2.36. The summed E-state index contributed by atoms with van der Waals surface area (Å²) in [7, 11) is 0. The molecule has 0 bridgehead atoms. The van der Waals surface area contributed by atoms with Crippen molar-refractivity contribution >= 4 is 0 Å². The fourth-order valence-corrected chi connectivity index (χ4v) is 3.46. The van der Waals surface area contributed by atoms with E-state index >= 15 is 0 Å². The van der Waals surface area contributed by atoms with Crippen molar-refractivity contribution in [2.75, 3.05) is 13.1 Å². The fourth-order valence-electron chi connectivity index (χ4n) is 3.46. The molecule has 110 valence electrons. The number of aromatic nitrogens is 1. The van der Waals surface area contributed by atoms with Gasteiger partial charge in [-0.25, -0.2) is 0 Å². The molecule has 3 heteroatoms.